The molecule has 46 heavy (non-hydrogen) atoms. The first kappa shape index (κ1) is 31.9. The average Bonchev–Trinajstić information content (AvgIpc) is 3.78. The van der Waals surface area contributed by atoms with E-state index in [1.54, 1.807) is 18.5 Å². The SMILES string of the molecule is CC1(C(=O)N2C[C@H](CCN3C=CN=C(N)/C3=C(/N)c3ccc(C(=O)Nc4cc(C(F)(F)F)ccn4)c(Cl)c3)CCC23CC3)COC1. The second-order valence-corrected chi connectivity index (χ2v) is 13.1. The first-order chi connectivity index (χ1) is 21.8. The van der Waals surface area contributed by atoms with Crippen molar-refractivity contribution in [1.82, 2.24) is 14.8 Å². The minimum atomic E-state index is -4.58. The number of hydrogen-bond donors (Lipinski definition) is 3. The van der Waals surface area contributed by atoms with E-state index >= 15 is 0 Å². The number of aliphatic imine (C=N–C) groups is 1. The highest BCUT2D eigenvalue weighted by molar-refractivity contribution is 6.34. The van der Waals surface area contributed by atoms with Gasteiger partial charge in [-0.05, 0) is 69.2 Å². The number of benzene rings is 1. The van der Waals surface area contributed by atoms with Crippen LogP contribution in [0.15, 0.2) is 59.6 Å². The van der Waals surface area contributed by atoms with Gasteiger partial charge in [-0.25, -0.2) is 9.98 Å². The molecule has 6 rings (SSSR count). The molecule has 10 nitrogen and oxygen atoms in total. The molecule has 1 aromatic heterocycles. The Kier molecular flexibility index (Phi) is 8.26. The lowest BCUT2D eigenvalue weighted by atomic mass is 9.82. The van der Waals surface area contributed by atoms with E-state index in [1.807, 2.05) is 11.8 Å². The van der Waals surface area contributed by atoms with E-state index in [0.717, 1.165) is 50.4 Å². The number of alkyl halides is 3. The van der Waals surface area contributed by atoms with Gasteiger partial charge in [-0.15, -0.1) is 0 Å². The van der Waals surface area contributed by atoms with E-state index in [1.165, 1.54) is 12.1 Å². The number of anilines is 1. The quantitative estimate of drug-likeness (QED) is 0.382. The van der Waals surface area contributed by atoms with Crippen LogP contribution in [0.25, 0.3) is 5.70 Å². The van der Waals surface area contributed by atoms with Gasteiger partial charge in [-0.2, -0.15) is 13.2 Å². The minimum absolute atomic E-state index is 0.00966. The van der Waals surface area contributed by atoms with Crippen LogP contribution in [0.3, 0.4) is 0 Å². The zero-order valence-corrected chi connectivity index (χ0v) is 26.0. The highest BCUT2D eigenvalue weighted by Crippen LogP contribution is 2.51. The number of amidine groups is 1. The van der Waals surface area contributed by atoms with Crippen LogP contribution >= 0.6 is 11.6 Å². The summed E-state index contributed by atoms with van der Waals surface area (Å²) >= 11 is 6.46. The van der Waals surface area contributed by atoms with Gasteiger partial charge in [0, 0.05) is 42.8 Å². The monoisotopic (exact) mass is 657 g/mol. The molecule has 3 fully saturated rings. The number of likely N-dealkylation sites (tertiary alicyclic amines) is 1. The van der Waals surface area contributed by atoms with Crippen molar-refractivity contribution >= 4 is 40.8 Å². The van der Waals surface area contributed by atoms with Crippen molar-refractivity contribution in [3.05, 3.63) is 76.3 Å². The Bertz CT molecular complexity index is 1650. The van der Waals surface area contributed by atoms with E-state index in [0.29, 0.717) is 43.5 Å². The number of ether oxygens (including phenoxy) is 1. The van der Waals surface area contributed by atoms with Gasteiger partial charge in [-0.1, -0.05) is 17.7 Å². The van der Waals surface area contributed by atoms with Crippen LogP contribution < -0.4 is 16.8 Å². The molecule has 0 bridgehead atoms. The molecule has 1 aliphatic carbocycles. The van der Waals surface area contributed by atoms with Gasteiger partial charge >= 0.3 is 6.18 Å². The Hall–Kier alpha value is -4.10. The molecule has 244 valence electrons. The van der Waals surface area contributed by atoms with Gasteiger partial charge in [0.25, 0.3) is 5.91 Å². The second-order valence-electron chi connectivity index (χ2n) is 12.7. The summed E-state index contributed by atoms with van der Waals surface area (Å²) < 4.78 is 44.6. The molecule has 0 unspecified atom stereocenters. The standard InChI is InChI=1S/C32H35ClF3N7O3/c1-30(17-46-18-30)29(45)43-16-19(4-7-31(43)8-9-31)6-12-42-13-11-40-27(38)26(42)25(37)20-2-3-22(23(33)14-20)28(44)41-24-15-21(5-10-39-24)32(34,35)36/h2-3,5,10-11,13-15,19H,4,6-9,12,16-18,37H2,1H3,(H2,38,40)(H,39,41,44)/b26-25-/t19-/m0/s1. The van der Waals surface area contributed by atoms with Crippen LogP contribution in [-0.2, 0) is 15.7 Å². The van der Waals surface area contributed by atoms with Crippen molar-refractivity contribution < 1.29 is 27.5 Å². The molecule has 4 heterocycles. The first-order valence-electron chi connectivity index (χ1n) is 15.1. The molecule has 1 saturated carbocycles. The fourth-order valence-corrected chi connectivity index (χ4v) is 6.61. The zero-order chi connectivity index (χ0) is 32.9. The Morgan fingerprint density at radius 3 is 2.59 bits per heavy atom. The summed E-state index contributed by atoms with van der Waals surface area (Å²) in [6.07, 6.45) is 4.70. The highest BCUT2D eigenvalue weighted by Gasteiger charge is 2.56. The molecule has 2 saturated heterocycles. The van der Waals surface area contributed by atoms with Gasteiger partial charge in [0.2, 0.25) is 5.91 Å². The first-order valence-corrected chi connectivity index (χ1v) is 15.5. The van der Waals surface area contributed by atoms with Crippen LogP contribution in [0.2, 0.25) is 5.02 Å². The predicted octanol–water partition coefficient (Wildman–Crippen LogP) is 4.98. The van der Waals surface area contributed by atoms with Crippen LogP contribution in [0.1, 0.15) is 60.5 Å². The Balaban J connectivity index is 1.15. The molecular weight excluding hydrogens is 623 g/mol. The number of carbonyl (C=O) groups is 2. The van der Waals surface area contributed by atoms with Gasteiger partial charge in [-0.3, -0.25) is 9.59 Å². The van der Waals surface area contributed by atoms with Gasteiger partial charge in [0.1, 0.15) is 17.4 Å². The van der Waals surface area contributed by atoms with Crippen molar-refractivity contribution in [3.8, 4) is 0 Å². The lowest BCUT2D eigenvalue weighted by Gasteiger charge is -2.47. The predicted molar refractivity (Wildman–Crippen MR) is 167 cm³/mol. The summed E-state index contributed by atoms with van der Waals surface area (Å²) in [6.45, 7) is 4.21. The van der Waals surface area contributed by atoms with Crippen molar-refractivity contribution in [2.45, 2.75) is 50.7 Å². The third-order valence-corrected chi connectivity index (χ3v) is 9.65. The molecule has 1 aromatic carbocycles. The second kappa shape index (κ2) is 11.9. The maximum atomic E-state index is 13.5. The maximum absolute atomic E-state index is 13.5. The van der Waals surface area contributed by atoms with Crippen LogP contribution in [0.5, 0.6) is 0 Å². The van der Waals surface area contributed by atoms with Crippen LogP contribution in [0, 0.1) is 11.3 Å². The number of pyridine rings is 1. The Morgan fingerprint density at radius 2 is 1.93 bits per heavy atom. The largest absolute Gasteiger partial charge is 0.416 e. The van der Waals surface area contributed by atoms with Gasteiger partial charge in [0.15, 0.2) is 0 Å². The Labute approximate surface area is 269 Å². The average molecular weight is 658 g/mol. The molecule has 14 heteroatoms. The zero-order valence-electron chi connectivity index (χ0n) is 25.2. The molecule has 3 aliphatic heterocycles. The van der Waals surface area contributed by atoms with Crippen molar-refractivity contribution in [1.29, 1.82) is 0 Å². The van der Waals surface area contributed by atoms with E-state index in [4.69, 9.17) is 27.8 Å². The minimum Gasteiger partial charge on any atom is -0.396 e. The molecule has 0 radical (unpaired) electrons. The van der Waals surface area contributed by atoms with Crippen LogP contribution in [-0.4, -0.2) is 64.3 Å². The number of halogens is 4. The number of rotatable bonds is 7. The number of amides is 2. The number of nitrogens with two attached hydrogens (primary N) is 2. The van der Waals surface area contributed by atoms with E-state index < -0.39 is 23.1 Å². The van der Waals surface area contributed by atoms with Crippen LogP contribution in [0.4, 0.5) is 19.0 Å². The highest BCUT2D eigenvalue weighted by atomic mass is 35.5. The molecule has 2 aromatic rings. The van der Waals surface area contributed by atoms with Gasteiger partial charge < -0.3 is 31.3 Å². The molecule has 2 amide bonds. The molecule has 4 aliphatic rings. The van der Waals surface area contributed by atoms with Crippen molar-refractivity contribution in [2.24, 2.45) is 27.8 Å². The molecular formula is C32H35ClF3N7O3. The third-order valence-electron chi connectivity index (χ3n) is 9.34. The topological polar surface area (TPSA) is 139 Å². The number of carbonyl (C=O) groups excluding carboxylic acids is 2. The Morgan fingerprint density at radius 1 is 1.17 bits per heavy atom. The maximum Gasteiger partial charge on any atom is 0.416 e. The number of nitrogens with zero attached hydrogens (tertiary/aromatic N) is 4. The summed E-state index contributed by atoms with van der Waals surface area (Å²) in [5.41, 5.74) is 12.8. The molecule has 1 atom stereocenters. The van der Waals surface area contributed by atoms with E-state index in [2.05, 4.69) is 20.2 Å². The molecule has 1 spiro atoms. The fraction of sp³-hybridized carbons (Fsp3) is 0.438. The molecule has 5 N–H and O–H groups in total. The number of hydrogen-bond acceptors (Lipinski definition) is 8. The lowest BCUT2D eigenvalue weighted by Crippen LogP contribution is -2.59. The van der Waals surface area contributed by atoms with E-state index in [-0.39, 0.29) is 39.4 Å². The summed E-state index contributed by atoms with van der Waals surface area (Å²) in [5.74, 6) is -0.290. The normalized spacial score (nSPS) is 22.6. The van der Waals surface area contributed by atoms with Crippen molar-refractivity contribution in [3.63, 3.8) is 0 Å². The van der Waals surface area contributed by atoms with Crippen molar-refractivity contribution in [2.75, 3.05) is 31.6 Å². The van der Waals surface area contributed by atoms with Gasteiger partial charge in [0.05, 0.1) is 40.5 Å². The summed E-state index contributed by atoms with van der Waals surface area (Å²) in [7, 11) is 0. The smallest absolute Gasteiger partial charge is 0.396 e. The number of nitrogens with one attached hydrogen (secondary N) is 1. The number of piperidine rings is 1. The third kappa shape index (κ3) is 6.17. The summed E-state index contributed by atoms with van der Waals surface area (Å²) in [4.78, 5) is 38.4. The lowest BCUT2D eigenvalue weighted by molar-refractivity contribution is -0.174. The fourth-order valence-electron chi connectivity index (χ4n) is 6.35. The number of aromatic nitrogens is 1. The summed E-state index contributed by atoms with van der Waals surface area (Å²) in [5, 5.41) is 2.39. The van der Waals surface area contributed by atoms with E-state index in [9.17, 15) is 22.8 Å². The summed E-state index contributed by atoms with van der Waals surface area (Å²) in [6, 6.07) is 6.06.